The Balaban J connectivity index is 1.61. The molecule has 28 heavy (non-hydrogen) atoms. The second-order valence-electron chi connectivity index (χ2n) is 6.29. The lowest BCUT2D eigenvalue weighted by Crippen LogP contribution is -2.29. The minimum absolute atomic E-state index is 0.135. The van der Waals surface area contributed by atoms with Gasteiger partial charge in [-0.1, -0.05) is 11.6 Å². The summed E-state index contributed by atoms with van der Waals surface area (Å²) >= 11 is 5.68. The lowest BCUT2D eigenvalue weighted by Gasteiger charge is -2.17. The van der Waals surface area contributed by atoms with Crippen molar-refractivity contribution in [3.8, 4) is 11.3 Å². The van der Waals surface area contributed by atoms with Gasteiger partial charge in [-0.05, 0) is 61.4 Å². The van der Waals surface area contributed by atoms with E-state index in [1.807, 2.05) is 6.07 Å². The molecule has 148 valence electrons. The van der Waals surface area contributed by atoms with Gasteiger partial charge in [0, 0.05) is 29.9 Å². The number of aromatic amines is 1. The molecule has 3 aromatic rings. The van der Waals surface area contributed by atoms with E-state index >= 15 is 0 Å². The zero-order valence-corrected chi connectivity index (χ0v) is 16.6. The Morgan fingerprint density at radius 2 is 1.82 bits per heavy atom. The Hall–Kier alpha value is -2.29. The third-order valence-electron chi connectivity index (χ3n) is 4.27. The first-order valence-corrected chi connectivity index (χ1v) is 10.3. The molecular formula is C19H18ClF2N3O2S. The maximum absolute atomic E-state index is 14.0. The van der Waals surface area contributed by atoms with Gasteiger partial charge >= 0.3 is 0 Å². The monoisotopic (exact) mass is 425 g/mol. The van der Waals surface area contributed by atoms with E-state index in [4.69, 9.17) is 11.6 Å². The molecule has 5 nitrogen and oxygen atoms in total. The Morgan fingerprint density at radius 3 is 2.50 bits per heavy atom. The average Bonchev–Trinajstić information content (AvgIpc) is 3.10. The predicted molar refractivity (Wildman–Crippen MR) is 104 cm³/mol. The molecule has 2 aromatic carbocycles. The molecule has 0 saturated carbocycles. The van der Waals surface area contributed by atoms with E-state index in [1.54, 1.807) is 12.1 Å². The number of aryl methyl sites for hydroxylation is 1. The SMILES string of the molecule is CN(CCCc1cc(-c2ccc(F)cc2)n[nH]1)S(=O)(=O)c1ccc(Cl)cc1F. The topological polar surface area (TPSA) is 66.1 Å². The van der Waals surface area contributed by atoms with E-state index < -0.39 is 20.7 Å². The molecule has 0 spiro atoms. The summed E-state index contributed by atoms with van der Waals surface area (Å²) in [6, 6.07) is 11.3. The molecule has 1 aromatic heterocycles. The van der Waals surface area contributed by atoms with Crippen LogP contribution in [0, 0.1) is 11.6 Å². The Morgan fingerprint density at radius 1 is 1.11 bits per heavy atom. The highest BCUT2D eigenvalue weighted by Crippen LogP contribution is 2.22. The average molecular weight is 426 g/mol. The summed E-state index contributed by atoms with van der Waals surface area (Å²) in [4.78, 5) is -0.403. The zero-order valence-electron chi connectivity index (χ0n) is 15.0. The van der Waals surface area contributed by atoms with Gasteiger partial charge in [-0.15, -0.1) is 0 Å². The molecule has 0 aliphatic rings. The van der Waals surface area contributed by atoms with Crippen molar-refractivity contribution >= 4 is 21.6 Å². The van der Waals surface area contributed by atoms with Gasteiger partial charge in [-0.3, -0.25) is 5.10 Å². The first-order chi connectivity index (χ1) is 13.3. The third kappa shape index (κ3) is 4.57. The molecule has 0 unspecified atom stereocenters. The summed E-state index contributed by atoms with van der Waals surface area (Å²) in [7, 11) is -2.54. The quantitative estimate of drug-likeness (QED) is 0.615. The van der Waals surface area contributed by atoms with Crippen molar-refractivity contribution in [3.63, 3.8) is 0 Å². The number of halogens is 3. The molecule has 0 amide bonds. The van der Waals surface area contributed by atoms with Crippen molar-refractivity contribution in [1.29, 1.82) is 0 Å². The second-order valence-corrected chi connectivity index (χ2v) is 8.74. The number of nitrogens with one attached hydrogen (secondary N) is 1. The van der Waals surface area contributed by atoms with Crippen molar-refractivity contribution < 1.29 is 17.2 Å². The van der Waals surface area contributed by atoms with E-state index in [2.05, 4.69) is 10.2 Å². The molecule has 9 heteroatoms. The minimum Gasteiger partial charge on any atom is -0.282 e. The van der Waals surface area contributed by atoms with Crippen LogP contribution in [0.1, 0.15) is 12.1 Å². The molecule has 0 bridgehead atoms. The summed E-state index contributed by atoms with van der Waals surface area (Å²) in [5, 5.41) is 7.22. The van der Waals surface area contributed by atoms with Crippen LogP contribution >= 0.6 is 11.6 Å². The molecule has 0 radical (unpaired) electrons. The van der Waals surface area contributed by atoms with E-state index in [0.717, 1.165) is 27.7 Å². The van der Waals surface area contributed by atoms with Crippen LogP contribution in [0.25, 0.3) is 11.3 Å². The van der Waals surface area contributed by atoms with Crippen LogP contribution in [-0.4, -0.2) is 36.5 Å². The van der Waals surface area contributed by atoms with Crippen molar-refractivity contribution in [2.45, 2.75) is 17.7 Å². The fourth-order valence-corrected chi connectivity index (χ4v) is 4.13. The summed E-state index contributed by atoms with van der Waals surface area (Å²) in [5.41, 5.74) is 2.28. The summed E-state index contributed by atoms with van der Waals surface area (Å²) < 4.78 is 53.1. The molecular weight excluding hydrogens is 408 g/mol. The van der Waals surface area contributed by atoms with Crippen LogP contribution in [-0.2, 0) is 16.4 Å². The lowest BCUT2D eigenvalue weighted by molar-refractivity contribution is 0.454. The Kier molecular flexibility index (Phi) is 6.12. The number of H-pyrrole nitrogens is 1. The summed E-state index contributed by atoms with van der Waals surface area (Å²) in [5.74, 6) is -1.20. The molecule has 1 heterocycles. The van der Waals surface area contributed by atoms with Crippen LogP contribution in [0.15, 0.2) is 53.4 Å². The highest BCUT2D eigenvalue weighted by Gasteiger charge is 2.24. The first-order valence-electron chi connectivity index (χ1n) is 8.49. The molecule has 0 aliphatic heterocycles. The third-order valence-corrected chi connectivity index (χ3v) is 6.40. The van der Waals surface area contributed by atoms with Gasteiger partial charge in [-0.25, -0.2) is 21.5 Å². The normalized spacial score (nSPS) is 11.9. The van der Waals surface area contributed by atoms with Gasteiger partial charge in [0.25, 0.3) is 0 Å². The standard InChI is InChI=1S/C19H18ClF2N3O2S/c1-25(28(26,27)19-9-6-14(20)11-17(19)22)10-2-3-16-12-18(24-23-16)13-4-7-15(21)8-5-13/h4-9,11-12H,2-3,10H2,1H3,(H,23,24). The van der Waals surface area contributed by atoms with E-state index in [9.17, 15) is 17.2 Å². The van der Waals surface area contributed by atoms with Gasteiger partial charge in [0.1, 0.15) is 16.5 Å². The van der Waals surface area contributed by atoms with Gasteiger partial charge in [0.2, 0.25) is 10.0 Å². The van der Waals surface area contributed by atoms with Crippen molar-refractivity contribution in [2.75, 3.05) is 13.6 Å². The number of benzene rings is 2. The summed E-state index contributed by atoms with van der Waals surface area (Å²) in [6.45, 7) is 0.204. The first kappa shape index (κ1) is 20.4. The van der Waals surface area contributed by atoms with Gasteiger partial charge < -0.3 is 0 Å². The van der Waals surface area contributed by atoms with Crippen LogP contribution < -0.4 is 0 Å². The minimum atomic E-state index is -3.94. The van der Waals surface area contributed by atoms with Crippen LogP contribution in [0.5, 0.6) is 0 Å². The van der Waals surface area contributed by atoms with E-state index in [0.29, 0.717) is 18.5 Å². The van der Waals surface area contributed by atoms with E-state index in [1.165, 1.54) is 25.2 Å². The number of aromatic nitrogens is 2. The molecule has 3 rings (SSSR count). The molecule has 0 saturated heterocycles. The number of rotatable bonds is 7. The van der Waals surface area contributed by atoms with Crippen molar-refractivity contribution in [3.05, 3.63) is 70.9 Å². The van der Waals surface area contributed by atoms with Crippen molar-refractivity contribution in [2.24, 2.45) is 0 Å². The van der Waals surface area contributed by atoms with Crippen LogP contribution in [0.4, 0.5) is 8.78 Å². The fourth-order valence-electron chi connectivity index (χ4n) is 2.72. The maximum Gasteiger partial charge on any atom is 0.245 e. The fraction of sp³-hybridized carbons (Fsp3) is 0.211. The molecule has 0 fully saturated rings. The number of sulfonamides is 1. The van der Waals surface area contributed by atoms with Gasteiger partial charge in [-0.2, -0.15) is 5.10 Å². The Labute approximate surface area is 167 Å². The molecule has 0 aliphatic carbocycles. The highest BCUT2D eigenvalue weighted by molar-refractivity contribution is 7.89. The largest absolute Gasteiger partial charge is 0.282 e. The van der Waals surface area contributed by atoms with Crippen LogP contribution in [0.3, 0.4) is 0 Å². The number of hydrogen-bond donors (Lipinski definition) is 1. The van der Waals surface area contributed by atoms with E-state index in [-0.39, 0.29) is 17.4 Å². The molecule has 1 N–H and O–H groups in total. The lowest BCUT2D eigenvalue weighted by atomic mass is 10.1. The van der Waals surface area contributed by atoms with Gasteiger partial charge in [0.05, 0.1) is 5.69 Å². The summed E-state index contributed by atoms with van der Waals surface area (Å²) in [6.07, 6.45) is 1.06. The number of nitrogens with zero attached hydrogens (tertiary/aromatic N) is 2. The highest BCUT2D eigenvalue weighted by atomic mass is 35.5. The maximum atomic E-state index is 14.0. The van der Waals surface area contributed by atoms with Crippen LogP contribution in [0.2, 0.25) is 5.02 Å². The second kappa shape index (κ2) is 8.38. The predicted octanol–water partition coefficient (Wildman–Crippen LogP) is 4.26. The Bertz CT molecular complexity index is 1070. The smallest absolute Gasteiger partial charge is 0.245 e. The molecule has 0 atom stereocenters. The number of hydrogen-bond acceptors (Lipinski definition) is 3. The van der Waals surface area contributed by atoms with Crippen molar-refractivity contribution in [1.82, 2.24) is 14.5 Å². The van der Waals surface area contributed by atoms with Gasteiger partial charge in [0.15, 0.2) is 0 Å². The zero-order chi connectivity index (χ0) is 20.3.